The predicted octanol–water partition coefficient (Wildman–Crippen LogP) is 3.06. The summed E-state index contributed by atoms with van der Waals surface area (Å²) >= 11 is 0. The van der Waals surface area contributed by atoms with Crippen LogP contribution >= 0.6 is 0 Å². The van der Waals surface area contributed by atoms with Crippen LogP contribution in [0.1, 0.15) is 20.3 Å². The van der Waals surface area contributed by atoms with Crippen LogP contribution in [0, 0.1) is 0 Å². The van der Waals surface area contributed by atoms with Crippen LogP contribution in [0.4, 0.5) is 0 Å². The summed E-state index contributed by atoms with van der Waals surface area (Å²) in [5.41, 5.74) is 0. The van der Waals surface area contributed by atoms with Gasteiger partial charge < -0.3 is 4.74 Å². The van der Waals surface area contributed by atoms with E-state index in [1.165, 1.54) is 0 Å². The van der Waals surface area contributed by atoms with Gasteiger partial charge in [-0.2, -0.15) is 0 Å². The number of allylic oxidation sites excluding steroid dienone is 4. The summed E-state index contributed by atoms with van der Waals surface area (Å²) in [6.07, 6.45) is 8.49. The first kappa shape index (κ1) is 10.0. The predicted molar refractivity (Wildman–Crippen MR) is 49.3 cm³/mol. The van der Waals surface area contributed by atoms with Gasteiger partial charge in [-0.05, 0) is 25.5 Å². The highest BCUT2D eigenvalue weighted by molar-refractivity contribution is 5.15. The Morgan fingerprint density at radius 3 is 2.73 bits per heavy atom. The van der Waals surface area contributed by atoms with E-state index in [9.17, 15) is 0 Å². The number of hydrogen-bond donors (Lipinski definition) is 0. The van der Waals surface area contributed by atoms with Crippen LogP contribution in [0.3, 0.4) is 0 Å². The SMILES string of the molecule is C=C/C=C\C(=C/C)OCCC. The Bertz CT molecular complexity index is 154. The molecule has 62 valence electrons. The second-order valence-electron chi connectivity index (χ2n) is 2.13. The third-order valence-corrected chi connectivity index (χ3v) is 1.15. The van der Waals surface area contributed by atoms with Crippen molar-refractivity contribution < 1.29 is 4.74 Å². The molecule has 0 N–H and O–H groups in total. The van der Waals surface area contributed by atoms with E-state index in [1.54, 1.807) is 6.08 Å². The van der Waals surface area contributed by atoms with E-state index in [-0.39, 0.29) is 0 Å². The molecule has 0 saturated heterocycles. The van der Waals surface area contributed by atoms with Gasteiger partial charge in [-0.25, -0.2) is 0 Å². The summed E-state index contributed by atoms with van der Waals surface area (Å²) in [6, 6.07) is 0. The molecule has 0 radical (unpaired) electrons. The Balaban J connectivity index is 3.77. The second kappa shape index (κ2) is 7.13. The standard InChI is InChI=1S/C10H16O/c1-4-7-8-10(6-3)11-9-5-2/h4,6-8H,1,5,9H2,2-3H3/b8-7-,10-6+. The molecule has 0 aromatic carbocycles. The molecule has 0 aliphatic rings. The number of rotatable bonds is 5. The average Bonchev–Trinajstić information content (AvgIpc) is 2.05. The van der Waals surface area contributed by atoms with Crippen molar-refractivity contribution in [2.45, 2.75) is 20.3 Å². The first-order valence-electron chi connectivity index (χ1n) is 3.93. The van der Waals surface area contributed by atoms with Gasteiger partial charge in [-0.15, -0.1) is 0 Å². The van der Waals surface area contributed by atoms with E-state index in [1.807, 2.05) is 25.2 Å². The fraction of sp³-hybridized carbons (Fsp3) is 0.400. The minimum absolute atomic E-state index is 0.779. The molecule has 0 unspecified atom stereocenters. The van der Waals surface area contributed by atoms with E-state index in [4.69, 9.17) is 4.74 Å². The van der Waals surface area contributed by atoms with Gasteiger partial charge in [0.05, 0.1) is 6.61 Å². The van der Waals surface area contributed by atoms with Crippen LogP contribution < -0.4 is 0 Å². The molecule has 0 saturated carbocycles. The van der Waals surface area contributed by atoms with Gasteiger partial charge in [-0.3, -0.25) is 0 Å². The molecule has 1 heteroatoms. The largest absolute Gasteiger partial charge is 0.494 e. The molecule has 11 heavy (non-hydrogen) atoms. The van der Waals surface area contributed by atoms with Gasteiger partial charge >= 0.3 is 0 Å². The van der Waals surface area contributed by atoms with Crippen LogP contribution in [-0.2, 0) is 4.74 Å². The maximum Gasteiger partial charge on any atom is 0.115 e. The Morgan fingerprint density at radius 2 is 2.27 bits per heavy atom. The van der Waals surface area contributed by atoms with Gasteiger partial charge in [0.25, 0.3) is 0 Å². The van der Waals surface area contributed by atoms with Gasteiger partial charge in [-0.1, -0.05) is 25.7 Å². The first-order valence-corrected chi connectivity index (χ1v) is 3.93. The van der Waals surface area contributed by atoms with Crippen molar-refractivity contribution in [3.8, 4) is 0 Å². The topological polar surface area (TPSA) is 9.23 Å². The summed E-state index contributed by atoms with van der Waals surface area (Å²) in [7, 11) is 0. The van der Waals surface area contributed by atoms with Crippen LogP contribution in [0.2, 0.25) is 0 Å². The van der Waals surface area contributed by atoms with Crippen molar-refractivity contribution in [2.75, 3.05) is 6.61 Å². The summed E-state index contributed by atoms with van der Waals surface area (Å²) in [4.78, 5) is 0. The molecule has 0 amide bonds. The van der Waals surface area contributed by atoms with E-state index in [0.717, 1.165) is 18.8 Å². The lowest BCUT2D eigenvalue weighted by atomic mass is 10.4. The molecule has 0 heterocycles. The molecule has 0 fully saturated rings. The van der Waals surface area contributed by atoms with Crippen molar-refractivity contribution in [3.63, 3.8) is 0 Å². The van der Waals surface area contributed by atoms with Gasteiger partial charge in [0.15, 0.2) is 0 Å². The smallest absolute Gasteiger partial charge is 0.115 e. The molecule has 0 aromatic heterocycles. The minimum atomic E-state index is 0.779. The summed E-state index contributed by atoms with van der Waals surface area (Å²) in [5, 5.41) is 0. The van der Waals surface area contributed by atoms with Crippen LogP contribution in [0.5, 0.6) is 0 Å². The van der Waals surface area contributed by atoms with Crippen molar-refractivity contribution in [3.05, 3.63) is 36.6 Å². The lowest BCUT2D eigenvalue weighted by Crippen LogP contribution is -1.89. The zero-order valence-corrected chi connectivity index (χ0v) is 7.34. The molecule has 0 atom stereocenters. The normalized spacial score (nSPS) is 12.0. The lowest BCUT2D eigenvalue weighted by molar-refractivity contribution is 0.224. The summed E-state index contributed by atoms with van der Waals surface area (Å²) in [6.45, 7) is 8.40. The van der Waals surface area contributed by atoms with Crippen molar-refractivity contribution in [1.29, 1.82) is 0 Å². The highest BCUT2D eigenvalue weighted by Gasteiger charge is 1.87. The molecule has 0 spiro atoms. The maximum atomic E-state index is 5.37. The molecule has 0 aromatic rings. The van der Waals surface area contributed by atoms with E-state index in [0.29, 0.717) is 0 Å². The molecule has 0 bridgehead atoms. The lowest BCUT2D eigenvalue weighted by Gasteiger charge is -2.02. The molecule has 0 rings (SSSR count). The monoisotopic (exact) mass is 152 g/mol. The number of hydrogen-bond acceptors (Lipinski definition) is 1. The summed E-state index contributed by atoms with van der Waals surface area (Å²) < 4.78 is 5.37. The first-order chi connectivity index (χ1) is 5.35. The number of ether oxygens (including phenoxy) is 1. The maximum absolute atomic E-state index is 5.37. The van der Waals surface area contributed by atoms with Crippen molar-refractivity contribution >= 4 is 0 Å². The van der Waals surface area contributed by atoms with Crippen LogP contribution in [-0.4, -0.2) is 6.61 Å². The third-order valence-electron chi connectivity index (χ3n) is 1.15. The highest BCUT2D eigenvalue weighted by atomic mass is 16.5. The van der Waals surface area contributed by atoms with Crippen molar-refractivity contribution in [2.24, 2.45) is 0 Å². The Hall–Kier alpha value is -0.980. The molecule has 1 nitrogen and oxygen atoms in total. The molecule has 0 aliphatic heterocycles. The fourth-order valence-corrected chi connectivity index (χ4v) is 0.610. The van der Waals surface area contributed by atoms with Crippen molar-refractivity contribution in [1.82, 2.24) is 0 Å². The molecular weight excluding hydrogens is 136 g/mol. The highest BCUT2D eigenvalue weighted by Crippen LogP contribution is 1.99. The van der Waals surface area contributed by atoms with E-state index in [2.05, 4.69) is 13.5 Å². The second-order valence-corrected chi connectivity index (χ2v) is 2.13. The van der Waals surface area contributed by atoms with Gasteiger partial charge in [0, 0.05) is 0 Å². The molecule has 0 aliphatic carbocycles. The van der Waals surface area contributed by atoms with Crippen LogP contribution in [0.25, 0.3) is 0 Å². The molecular formula is C10H16O. The van der Waals surface area contributed by atoms with E-state index < -0.39 is 0 Å². The fourth-order valence-electron chi connectivity index (χ4n) is 0.610. The third kappa shape index (κ3) is 5.46. The summed E-state index contributed by atoms with van der Waals surface area (Å²) in [5.74, 6) is 0.909. The Morgan fingerprint density at radius 1 is 1.55 bits per heavy atom. The zero-order chi connectivity index (χ0) is 8.53. The quantitative estimate of drug-likeness (QED) is 0.434. The van der Waals surface area contributed by atoms with Crippen LogP contribution in [0.15, 0.2) is 36.6 Å². The van der Waals surface area contributed by atoms with Gasteiger partial charge in [0.2, 0.25) is 0 Å². The van der Waals surface area contributed by atoms with E-state index >= 15 is 0 Å². The zero-order valence-electron chi connectivity index (χ0n) is 7.34. The Labute approximate surface area is 69.1 Å². The van der Waals surface area contributed by atoms with Gasteiger partial charge in [0.1, 0.15) is 5.76 Å². The average molecular weight is 152 g/mol. The Kier molecular flexibility index (Phi) is 6.50. The minimum Gasteiger partial charge on any atom is -0.494 e.